The molecule has 6 nitrogen and oxygen atoms in total. The van der Waals surface area contributed by atoms with Gasteiger partial charge in [0.25, 0.3) is 0 Å². The Hall–Kier alpha value is -13.7. The summed E-state index contributed by atoms with van der Waals surface area (Å²) in [5.41, 5.74) is 20.1. The maximum Gasteiger partial charge on any atom is 0.162 e. The van der Waals surface area contributed by atoms with E-state index in [-0.39, 0.29) is 0 Å². The number of nitrogens with zero attached hydrogens (tertiary/aromatic N) is 6. The van der Waals surface area contributed by atoms with Crippen LogP contribution in [-0.2, 0) is 0 Å². The zero-order valence-electron chi connectivity index (χ0n) is 55.5. The summed E-state index contributed by atoms with van der Waals surface area (Å²) in [5, 5.41) is 14.7. The van der Waals surface area contributed by atoms with E-state index >= 15 is 0 Å². The van der Waals surface area contributed by atoms with Crippen LogP contribution in [0.25, 0.3) is 188 Å². The Morgan fingerprint density at radius 2 is 0.500 bits per heavy atom. The molecular weight excluding hydrogens is 1240 g/mol. The Bertz CT molecular complexity index is 6470. The van der Waals surface area contributed by atoms with Gasteiger partial charge < -0.3 is 0 Å². The summed E-state index contributed by atoms with van der Waals surface area (Å²) in [5.74, 6) is 3.09. The summed E-state index contributed by atoms with van der Waals surface area (Å²) in [6.07, 6.45) is 0. The minimum atomic E-state index is 0.701. The van der Waals surface area contributed by atoms with Crippen molar-refractivity contribution in [2.45, 2.75) is 0 Å². The average molecular weight is 1300 g/mol. The van der Waals surface area contributed by atoms with Crippen LogP contribution in [-0.4, -0.2) is 29.1 Å². The molecule has 20 rings (SSSR count). The number of fused-ring (bicyclic) bond motifs is 12. The molecule has 0 spiro atoms. The molecule has 102 heavy (non-hydrogen) atoms. The van der Waals surface area contributed by atoms with E-state index in [1.807, 2.05) is 48.5 Å². The van der Waals surface area contributed by atoms with Crippen molar-refractivity contribution in [3.63, 3.8) is 0 Å². The first-order valence-electron chi connectivity index (χ1n) is 34.7. The highest BCUT2D eigenvalue weighted by Crippen LogP contribution is 2.44. The maximum atomic E-state index is 5.24. The molecule has 0 saturated heterocycles. The third kappa shape index (κ3) is 10.5. The quantitative estimate of drug-likeness (QED) is 0.137. The van der Waals surface area contributed by atoms with Crippen LogP contribution in [0.5, 0.6) is 0 Å². The van der Waals surface area contributed by atoms with E-state index in [0.29, 0.717) is 11.6 Å². The van der Waals surface area contributed by atoms with Gasteiger partial charge in [0.1, 0.15) is 11.6 Å². The van der Waals surface area contributed by atoms with Gasteiger partial charge in [-0.2, -0.15) is 0 Å². The zero-order chi connectivity index (χ0) is 67.5. The molecule has 20 aromatic rings. The van der Waals surface area contributed by atoms with Crippen molar-refractivity contribution in [3.8, 4) is 101 Å². The van der Waals surface area contributed by atoms with E-state index in [0.717, 1.165) is 67.3 Å². The molecule has 0 fully saturated rings. The van der Waals surface area contributed by atoms with Crippen molar-refractivity contribution in [1.29, 1.82) is 0 Å². The topological polar surface area (TPSA) is 61.4 Å². The minimum Gasteiger partial charge on any atom is -0.294 e. The third-order valence-corrected chi connectivity index (χ3v) is 20.0. The number of hydrogen-bond donors (Lipinski definition) is 0. The van der Waals surface area contributed by atoms with Crippen LogP contribution in [0.4, 0.5) is 0 Å². The predicted octanol–water partition coefficient (Wildman–Crippen LogP) is 25.1. The maximum absolute atomic E-state index is 5.24. The summed E-state index contributed by atoms with van der Waals surface area (Å²) < 4.78 is 4.61. The molecule has 16 aromatic carbocycles. The SMILES string of the molecule is c1ccc(-c2cc(-n3c4ccccc4c4c5cc(-c6ccc(-c7ccccc7)c7ccccc67)ccc5ccc43)nc(-c3ccccc3)n2)cc1.c1ccc(-c2cc(-n3c4ccccc4c4c5ccc(-c6ccc(-c7ccccc7)c7ccccc67)cc5ccc43)nc(-c3ccccc3)n2)cc1. The molecule has 0 N–H and O–H groups in total. The van der Waals surface area contributed by atoms with Gasteiger partial charge in [-0.25, -0.2) is 19.9 Å². The summed E-state index contributed by atoms with van der Waals surface area (Å²) in [4.78, 5) is 20.6. The average Bonchev–Trinajstić information content (AvgIpc) is 1.59. The van der Waals surface area contributed by atoms with Crippen molar-refractivity contribution in [2.24, 2.45) is 0 Å². The molecule has 0 saturated carbocycles. The second-order valence-corrected chi connectivity index (χ2v) is 26.0. The van der Waals surface area contributed by atoms with Crippen LogP contribution < -0.4 is 0 Å². The van der Waals surface area contributed by atoms with Crippen LogP contribution in [0.3, 0.4) is 0 Å². The van der Waals surface area contributed by atoms with Crippen LogP contribution in [0.2, 0.25) is 0 Å². The van der Waals surface area contributed by atoms with E-state index < -0.39 is 0 Å². The summed E-state index contributed by atoms with van der Waals surface area (Å²) in [7, 11) is 0. The number of aromatic nitrogens is 6. The van der Waals surface area contributed by atoms with E-state index in [9.17, 15) is 0 Å². The molecule has 0 aliphatic rings. The predicted molar refractivity (Wildman–Crippen MR) is 426 cm³/mol. The lowest BCUT2D eigenvalue weighted by Crippen LogP contribution is -2.02. The molecule has 0 unspecified atom stereocenters. The highest BCUT2D eigenvalue weighted by molar-refractivity contribution is 6.23. The molecule has 4 heterocycles. The second kappa shape index (κ2) is 25.3. The number of benzene rings is 16. The smallest absolute Gasteiger partial charge is 0.162 e. The van der Waals surface area contributed by atoms with E-state index in [1.54, 1.807) is 0 Å². The number of hydrogen-bond acceptors (Lipinski definition) is 4. The molecule has 0 atom stereocenters. The van der Waals surface area contributed by atoms with Gasteiger partial charge in [0.15, 0.2) is 11.6 Å². The molecule has 6 heteroatoms. The summed E-state index contributed by atoms with van der Waals surface area (Å²) >= 11 is 0. The number of rotatable bonds is 10. The Morgan fingerprint density at radius 1 is 0.176 bits per heavy atom. The Kier molecular flexibility index (Phi) is 14.8. The van der Waals surface area contributed by atoms with Gasteiger partial charge in [0.2, 0.25) is 0 Å². The van der Waals surface area contributed by atoms with Crippen molar-refractivity contribution >= 4 is 86.7 Å². The first-order valence-corrected chi connectivity index (χ1v) is 34.7. The molecule has 0 aliphatic heterocycles. The fourth-order valence-electron chi connectivity index (χ4n) is 15.3. The van der Waals surface area contributed by atoms with Gasteiger partial charge in [-0.15, -0.1) is 0 Å². The highest BCUT2D eigenvalue weighted by atomic mass is 15.1. The molecule has 4 aromatic heterocycles. The van der Waals surface area contributed by atoms with Crippen LogP contribution in [0.15, 0.2) is 376 Å². The Balaban J connectivity index is 0.000000141. The molecule has 0 amide bonds. The molecular formula is C96H62N6. The van der Waals surface area contributed by atoms with Gasteiger partial charge in [-0.3, -0.25) is 9.13 Å². The summed E-state index contributed by atoms with van der Waals surface area (Å²) in [6.45, 7) is 0. The zero-order valence-corrected chi connectivity index (χ0v) is 55.5. The largest absolute Gasteiger partial charge is 0.294 e. The Morgan fingerprint density at radius 3 is 0.931 bits per heavy atom. The van der Waals surface area contributed by atoms with Crippen molar-refractivity contribution in [1.82, 2.24) is 29.1 Å². The van der Waals surface area contributed by atoms with Gasteiger partial charge in [0, 0.05) is 55.9 Å². The van der Waals surface area contributed by atoms with Gasteiger partial charge in [-0.1, -0.05) is 328 Å². The van der Waals surface area contributed by atoms with E-state index in [2.05, 4.69) is 337 Å². The second-order valence-electron chi connectivity index (χ2n) is 26.0. The summed E-state index contributed by atoms with van der Waals surface area (Å²) in [6, 6.07) is 134. The van der Waals surface area contributed by atoms with E-state index in [4.69, 9.17) is 19.9 Å². The fourth-order valence-corrected chi connectivity index (χ4v) is 15.3. The standard InChI is InChI=1S/2C48H31N3/c1-4-14-32(15-5-1)37-27-28-38(41-21-11-10-20-40(37)41)35-24-26-39-36(30-35)25-29-45-47(39)42-22-12-13-23-44(42)51(45)46-31-43(33-16-6-2-7-17-33)49-48(50-46)34-18-8-3-9-19-34;1-4-14-32(15-5-1)37-27-28-38(40-21-11-10-20-39(37)40)36-25-24-33-26-29-45-47(42(33)30-36)41-22-12-13-23-44(41)51(45)46-31-43(34-16-6-2-7-17-34)49-48(50-46)35-18-8-3-9-19-35/h2*1-31H. The lowest BCUT2D eigenvalue weighted by atomic mass is 9.91. The third-order valence-electron chi connectivity index (χ3n) is 20.0. The molecule has 476 valence electrons. The van der Waals surface area contributed by atoms with Gasteiger partial charge in [-0.05, 0) is 124 Å². The molecule has 0 aliphatic carbocycles. The fraction of sp³-hybridized carbons (Fsp3) is 0. The van der Waals surface area contributed by atoms with Crippen molar-refractivity contribution in [3.05, 3.63) is 376 Å². The Labute approximate surface area is 589 Å². The minimum absolute atomic E-state index is 0.701. The van der Waals surface area contributed by atoms with Crippen LogP contribution >= 0.6 is 0 Å². The van der Waals surface area contributed by atoms with Crippen LogP contribution in [0, 0.1) is 0 Å². The van der Waals surface area contributed by atoms with Gasteiger partial charge >= 0.3 is 0 Å². The molecule has 0 radical (unpaired) electrons. The first kappa shape index (κ1) is 59.6. The monoisotopic (exact) mass is 1300 g/mol. The molecule has 0 bridgehead atoms. The van der Waals surface area contributed by atoms with Crippen molar-refractivity contribution in [2.75, 3.05) is 0 Å². The first-order chi connectivity index (χ1) is 50.6. The lowest BCUT2D eigenvalue weighted by Gasteiger charge is -2.13. The van der Waals surface area contributed by atoms with Crippen LogP contribution in [0.1, 0.15) is 0 Å². The van der Waals surface area contributed by atoms with Gasteiger partial charge in [0.05, 0.1) is 33.5 Å². The highest BCUT2D eigenvalue weighted by Gasteiger charge is 2.22. The van der Waals surface area contributed by atoms with Crippen molar-refractivity contribution < 1.29 is 0 Å². The normalized spacial score (nSPS) is 11.5. The van der Waals surface area contributed by atoms with E-state index in [1.165, 1.54) is 109 Å². The lowest BCUT2D eigenvalue weighted by molar-refractivity contribution is 1.05. The number of para-hydroxylation sites is 2.